The first kappa shape index (κ1) is 11.5. The van der Waals surface area contributed by atoms with Crippen LogP contribution in [0.25, 0.3) is 11.0 Å². The van der Waals surface area contributed by atoms with Gasteiger partial charge in [-0.25, -0.2) is 4.98 Å². The molecule has 1 saturated carbocycles. The van der Waals surface area contributed by atoms with E-state index in [2.05, 4.69) is 21.5 Å². The van der Waals surface area contributed by atoms with Crippen molar-refractivity contribution in [3.8, 4) is 0 Å². The molecule has 0 radical (unpaired) electrons. The molecular weight excluding hydrogens is 224 g/mol. The van der Waals surface area contributed by atoms with E-state index in [9.17, 15) is 0 Å². The van der Waals surface area contributed by atoms with Crippen molar-refractivity contribution in [1.29, 1.82) is 0 Å². The van der Waals surface area contributed by atoms with E-state index < -0.39 is 0 Å². The molecule has 2 N–H and O–H groups in total. The second-order valence-electron chi connectivity index (χ2n) is 5.39. The molecule has 96 valence electrons. The van der Waals surface area contributed by atoms with Gasteiger partial charge in [0, 0.05) is 12.2 Å². The molecule has 4 heteroatoms. The fourth-order valence-electron chi connectivity index (χ4n) is 3.17. The monoisotopic (exact) mass is 244 g/mol. The lowest BCUT2D eigenvalue weighted by atomic mass is 9.96. The Morgan fingerprint density at radius 3 is 3.00 bits per heavy atom. The number of nitrogen functional groups attached to an aromatic ring is 1. The molecule has 2 atom stereocenters. The molecule has 2 aromatic heterocycles. The molecular formula is C14H20N4. The predicted molar refractivity (Wildman–Crippen MR) is 73.2 cm³/mol. The molecule has 3 rings (SSSR count). The fourth-order valence-corrected chi connectivity index (χ4v) is 3.17. The van der Waals surface area contributed by atoms with Crippen molar-refractivity contribution < 1.29 is 0 Å². The summed E-state index contributed by atoms with van der Waals surface area (Å²) < 4.78 is 2.23. The van der Waals surface area contributed by atoms with E-state index in [4.69, 9.17) is 5.73 Å². The molecule has 0 aromatic carbocycles. The lowest BCUT2D eigenvalue weighted by Gasteiger charge is -2.24. The lowest BCUT2D eigenvalue weighted by molar-refractivity contribution is 0.344. The van der Waals surface area contributed by atoms with Crippen LogP contribution in [-0.4, -0.2) is 14.5 Å². The Morgan fingerprint density at radius 1 is 1.28 bits per heavy atom. The number of pyridine rings is 1. The first-order chi connectivity index (χ1) is 8.77. The minimum Gasteiger partial charge on any atom is -0.369 e. The van der Waals surface area contributed by atoms with Gasteiger partial charge >= 0.3 is 0 Å². The largest absolute Gasteiger partial charge is 0.369 e. The van der Waals surface area contributed by atoms with Gasteiger partial charge in [-0.05, 0) is 24.8 Å². The Balaban J connectivity index is 2.09. The third-order valence-electron chi connectivity index (χ3n) is 4.17. The van der Waals surface area contributed by atoms with Crippen molar-refractivity contribution in [2.45, 2.75) is 45.1 Å². The summed E-state index contributed by atoms with van der Waals surface area (Å²) >= 11 is 0. The number of nitrogens with two attached hydrogens (primary N) is 1. The van der Waals surface area contributed by atoms with Gasteiger partial charge in [0.1, 0.15) is 5.52 Å². The Labute approximate surface area is 107 Å². The van der Waals surface area contributed by atoms with Gasteiger partial charge in [0.2, 0.25) is 5.95 Å². The van der Waals surface area contributed by atoms with Crippen molar-refractivity contribution in [1.82, 2.24) is 14.5 Å². The number of hydrogen-bond acceptors (Lipinski definition) is 3. The number of rotatable bonds is 1. The number of nitrogens with zero attached hydrogens (tertiary/aromatic N) is 3. The Hall–Kier alpha value is -1.58. The van der Waals surface area contributed by atoms with Gasteiger partial charge in [0.15, 0.2) is 0 Å². The molecule has 2 aromatic rings. The zero-order valence-corrected chi connectivity index (χ0v) is 10.8. The highest BCUT2D eigenvalue weighted by Crippen LogP contribution is 2.36. The van der Waals surface area contributed by atoms with Crippen molar-refractivity contribution in [2.75, 3.05) is 5.73 Å². The molecule has 0 aliphatic heterocycles. The van der Waals surface area contributed by atoms with Crippen LogP contribution in [-0.2, 0) is 0 Å². The Morgan fingerprint density at radius 2 is 2.11 bits per heavy atom. The number of imidazole rings is 1. The molecule has 0 spiro atoms. The van der Waals surface area contributed by atoms with E-state index in [1.165, 1.54) is 32.1 Å². The standard InChI is InChI=1S/C14H20N4/c1-10-5-3-2-4-6-12(10)18-13-7-8-16-9-11(13)17-14(18)15/h7-10,12H,2-6H2,1H3,(H2,15,17). The van der Waals surface area contributed by atoms with Crippen molar-refractivity contribution in [2.24, 2.45) is 5.92 Å². The van der Waals surface area contributed by atoms with Crippen molar-refractivity contribution in [3.05, 3.63) is 18.5 Å². The summed E-state index contributed by atoms with van der Waals surface area (Å²) in [5, 5.41) is 0. The molecule has 18 heavy (non-hydrogen) atoms. The van der Waals surface area contributed by atoms with Gasteiger partial charge in [-0.2, -0.15) is 0 Å². The lowest BCUT2D eigenvalue weighted by Crippen LogP contribution is -2.18. The summed E-state index contributed by atoms with van der Waals surface area (Å²) in [5.74, 6) is 1.30. The molecule has 1 aliphatic carbocycles. The van der Waals surface area contributed by atoms with Crippen LogP contribution < -0.4 is 5.73 Å². The molecule has 0 bridgehead atoms. The summed E-state index contributed by atoms with van der Waals surface area (Å²) in [6.45, 7) is 2.34. The normalized spacial score (nSPS) is 25.2. The quantitative estimate of drug-likeness (QED) is 0.784. The van der Waals surface area contributed by atoms with Crippen LogP contribution in [0.3, 0.4) is 0 Å². The van der Waals surface area contributed by atoms with Gasteiger partial charge in [0.05, 0.1) is 11.7 Å². The van der Waals surface area contributed by atoms with Gasteiger partial charge in [0.25, 0.3) is 0 Å². The summed E-state index contributed by atoms with van der Waals surface area (Å²) in [5.41, 5.74) is 8.16. The summed E-state index contributed by atoms with van der Waals surface area (Å²) in [7, 11) is 0. The maximum Gasteiger partial charge on any atom is 0.201 e. The molecule has 1 aliphatic rings. The second-order valence-corrected chi connectivity index (χ2v) is 5.39. The predicted octanol–water partition coefficient (Wildman–Crippen LogP) is 3.15. The Kier molecular flexibility index (Phi) is 2.94. The van der Waals surface area contributed by atoms with Crippen LogP contribution in [0.5, 0.6) is 0 Å². The van der Waals surface area contributed by atoms with E-state index in [1.807, 2.05) is 12.3 Å². The van der Waals surface area contributed by atoms with Gasteiger partial charge in [-0.15, -0.1) is 0 Å². The van der Waals surface area contributed by atoms with Crippen LogP contribution in [0, 0.1) is 5.92 Å². The zero-order chi connectivity index (χ0) is 12.5. The molecule has 0 saturated heterocycles. The van der Waals surface area contributed by atoms with Crippen LogP contribution in [0.2, 0.25) is 0 Å². The van der Waals surface area contributed by atoms with Gasteiger partial charge in [-0.3, -0.25) is 4.98 Å². The first-order valence-corrected chi connectivity index (χ1v) is 6.85. The van der Waals surface area contributed by atoms with E-state index in [0.717, 1.165) is 11.0 Å². The van der Waals surface area contributed by atoms with E-state index in [1.54, 1.807) is 6.20 Å². The van der Waals surface area contributed by atoms with E-state index in [0.29, 0.717) is 17.9 Å². The van der Waals surface area contributed by atoms with Gasteiger partial charge in [-0.1, -0.05) is 26.2 Å². The number of aromatic nitrogens is 3. The van der Waals surface area contributed by atoms with Gasteiger partial charge < -0.3 is 10.3 Å². The molecule has 1 fully saturated rings. The average molecular weight is 244 g/mol. The Bertz CT molecular complexity index is 546. The zero-order valence-electron chi connectivity index (χ0n) is 10.8. The minimum atomic E-state index is 0.486. The second kappa shape index (κ2) is 4.59. The summed E-state index contributed by atoms with van der Waals surface area (Å²) in [6.07, 6.45) is 10.1. The van der Waals surface area contributed by atoms with Crippen molar-refractivity contribution >= 4 is 17.0 Å². The highest BCUT2D eigenvalue weighted by molar-refractivity contribution is 5.77. The first-order valence-electron chi connectivity index (χ1n) is 6.85. The summed E-state index contributed by atoms with van der Waals surface area (Å²) in [4.78, 5) is 8.55. The maximum absolute atomic E-state index is 6.12. The molecule has 2 heterocycles. The highest BCUT2D eigenvalue weighted by Gasteiger charge is 2.24. The molecule has 0 amide bonds. The maximum atomic E-state index is 6.12. The van der Waals surface area contributed by atoms with Crippen LogP contribution in [0.4, 0.5) is 5.95 Å². The van der Waals surface area contributed by atoms with Crippen LogP contribution in [0.15, 0.2) is 18.5 Å². The van der Waals surface area contributed by atoms with Crippen LogP contribution in [0.1, 0.15) is 45.1 Å². The smallest absolute Gasteiger partial charge is 0.201 e. The third-order valence-corrected chi connectivity index (χ3v) is 4.17. The van der Waals surface area contributed by atoms with E-state index in [-0.39, 0.29) is 0 Å². The van der Waals surface area contributed by atoms with Crippen LogP contribution >= 0.6 is 0 Å². The number of anilines is 1. The molecule has 4 nitrogen and oxygen atoms in total. The number of fused-ring (bicyclic) bond motifs is 1. The average Bonchev–Trinajstić information content (AvgIpc) is 2.55. The third kappa shape index (κ3) is 1.85. The fraction of sp³-hybridized carbons (Fsp3) is 0.571. The summed E-state index contributed by atoms with van der Waals surface area (Å²) in [6, 6.07) is 2.51. The minimum absolute atomic E-state index is 0.486. The van der Waals surface area contributed by atoms with Crippen molar-refractivity contribution in [3.63, 3.8) is 0 Å². The topological polar surface area (TPSA) is 56.7 Å². The molecule has 2 unspecified atom stereocenters. The SMILES string of the molecule is CC1CCCCCC1n1c(N)nc2cnccc21. The highest BCUT2D eigenvalue weighted by atomic mass is 15.2. The van der Waals surface area contributed by atoms with E-state index >= 15 is 0 Å². The number of hydrogen-bond donors (Lipinski definition) is 1.